The molecule has 0 unspecified atom stereocenters. The van der Waals surface area contributed by atoms with Gasteiger partial charge in [-0.1, -0.05) is 0 Å². The number of anilines is 1. The minimum absolute atomic E-state index is 0.442. The lowest BCUT2D eigenvalue weighted by atomic mass is 10.3. The van der Waals surface area contributed by atoms with Crippen LogP contribution in [0.15, 0.2) is 18.3 Å². The van der Waals surface area contributed by atoms with Crippen molar-refractivity contribution in [3.8, 4) is 17.3 Å². The van der Waals surface area contributed by atoms with E-state index in [9.17, 15) is 0 Å². The SMILES string of the molecule is COc1ccc(-c2nsc(N)n2)nc1. The van der Waals surface area contributed by atoms with Crippen LogP contribution >= 0.6 is 11.5 Å². The standard InChI is InChI=1S/C8H8N4OS/c1-13-5-2-3-6(10-4-5)7-11-8(9)14-12-7/h2-4H,1H3,(H2,9,11,12). The summed E-state index contributed by atoms with van der Waals surface area (Å²) in [5.74, 6) is 1.26. The summed E-state index contributed by atoms with van der Waals surface area (Å²) in [7, 11) is 1.59. The second-order valence-corrected chi connectivity index (χ2v) is 3.32. The molecule has 2 aromatic heterocycles. The van der Waals surface area contributed by atoms with E-state index in [2.05, 4.69) is 14.3 Å². The predicted molar refractivity (Wildman–Crippen MR) is 54.1 cm³/mol. The molecule has 0 fully saturated rings. The molecule has 2 rings (SSSR count). The first-order valence-corrected chi connectivity index (χ1v) is 4.66. The lowest BCUT2D eigenvalue weighted by molar-refractivity contribution is 0.413. The van der Waals surface area contributed by atoms with Crippen molar-refractivity contribution in [2.45, 2.75) is 0 Å². The number of ether oxygens (including phenoxy) is 1. The Kier molecular flexibility index (Phi) is 2.28. The summed E-state index contributed by atoms with van der Waals surface area (Å²) in [4.78, 5) is 8.15. The molecule has 14 heavy (non-hydrogen) atoms. The zero-order valence-electron chi connectivity index (χ0n) is 7.47. The van der Waals surface area contributed by atoms with Gasteiger partial charge in [0.1, 0.15) is 11.4 Å². The average Bonchev–Trinajstić information content (AvgIpc) is 2.65. The van der Waals surface area contributed by atoms with E-state index in [0.29, 0.717) is 22.4 Å². The van der Waals surface area contributed by atoms with Gasteiger partial charge in [-0.3, -0.25) is 0 Å². The van der Waals surface area contributed by atoms with Crippen LogP contribution in [0.3, 0.4) is 0 Å². The largest absolute Gasteiger partial charge is 0.495 e. The lowest BCUT2D eigenvalue weighted by Gasteiger charge is -1.98. The minimum atomic E-state index is 0.442. The van der Waals surface area contributed by atoms with E-state index in [1.54, 1.807) is 25.4 Å². The van der Waals surface area contributed by atoms with Gasteiger partial charge in [0.2, 0.25) is 0 Å². The third-order valence-corrected chi connectivity index (χ3v) is 2.19. The van der Waals surface area contributed by atoms with Crippen molar-refractivity contribution in [1.29, 1.82) is 0 Å². The van der Waals surface area contributed by atoms with Crippen LogP contribution in [-0.2, 0) is 0 Å². The third kappa shape index (κ3) is 1.64. The number of hydrogen-bond donors (Lipinski definition) is 1. The Hall–Kier alpha value is -1.69. The van der Waals surface area contributed by atoms with Crippen molar-refractivity contribution in [2.75, 3.05) is 12.8 Å². The Bertz CT molecular complexity index is 425. The monoisotopic (exact) mass is 208 g/mol. The molecule has 0 aliphatic carbocycles. The predicted octanol–water partition coefficient (Wildman–Crippen LogP) is 1.19. The fourth-order valence-corrected chi connectivity index (χ4v) is 1.41. The fourth-order valence-electron chi connectivity index (χ4n) is 0.973. The summed E-state index contributed by atoms with van der Waals surface area (Å²) in [6, 6.07) is 3.60. The Balaban J connectivity index is 2.33. The van der Waals surface area contributed by atoms with Crippen molar-refractivity contribution >= 4 is 16.7 Å². The van der Waals surface area contributed by atoms with Gasteiger partial charge in [0, 0.05) is 11.5 Å². The van der Waals surface area contributed by atoms with Gasteiger partial charge >= 0.3 is 0 Å². The second kappa shape index (κ2) is 3.59. The Labute approximate surface area is 84.7 Å². The van der Waals surface area contributed by atoms with E-state index < -0.39 is 0 Å². The van der Waals surface area contributed by atoms with Gasteiger partial charge in [0.05, 0.1) is 13.3 Å². The first kappa shape index (κ1) is 8.89. The van der Waals surface area contributed by atoms with E-state index in [-0.39, 0.29) is 0 Å². The molecule has 6 heteroatoms. The first-order chi connectivity index (χ1) is 6.79. The average molecular weight is 208 g/mol. The number of nitrogens with zero attached hydrogens (tertiary/aromatic N) is 3. The fraction of sp³-hybridized carbons (Fsp3) is 0.125. The van der Waals surface area contributed by atoms with Crippen LogP contribution in [0.25, 0.3) is 11.5 Å². The van der Waals surface area contributed by atoms with Crippen molar-refractivity contribution in [3.63, 3.8) is 0 Å². The van der Waals surface area contributed by atoms with Crippen molar-refractivity contribution in [2.24, 2.45) is 0 Å². The third-order valence-electron chi connectivity index (χ3n) is 1.64. The maximum atomic E-state index is 5.46. The van der Waals surface area contributed by atoms with Crippen LogP contribution in [0.2, 0.25) is 0 Å². The zero-order chi connectivity index (χ0) is 9.97. The highest BCUT2D eigenvalue weighted by atomic mass is 32.1. The molecule has 0 amide bonds. The van der Waals surface area contributed by atoms with Crippen LogP contribution in [0, 0.1) is 0 Å². The molecular weight excluding hydrogens is 200 g/mol. The van der Waals surface area contributed by atoms with Crippen LogP contribution in [0.4, 0.5) is 5.13 Å². The van der Waals surface area contributed by atoms with Gasteiger partial charge in [0.25, 0.3) is 0 Å². The number of rotatable bonds is 2. The Morgan fingerprint density at radius 1 is 1.43 bits per heavy atom. The molecule has 5 nitrogen and oxygen atoms in total. The van der Waals surface area contributed by atoms with Gasteiger partial charge in [-0.25, -0.2) is 4.98 Å². The summed E-state index contributed by atoms with van der Waals surface area (Å²) in [6.45, 7) is 0. The molecular formula is C8H8N4OS. The van der Waals surface area contributed by atoms with Crippen LogP contribution < -0.4 is 10.5 Å². The molecule has 0 aromatic carbocycles. The summed E-state index contributed by atoms with van der Waals surface area (Å²) in [5.41, 5.74) is 6.16. The number of nitrogen functional groups attached to an aromatic ring is 1. The number of methoxy groups -OCH3 is 1. The maximum Gasteiger partial charge on any atom is 0.200 e. The quantitative estimate of drug-likeness (QED) is 0.802. The number of nitrogens with two attached hydrogens (primary N) is 1. The van der Waals surface area contributed by atoms with Crippen LogP contribution in [0.1, 0.15) is 0 Å². The molecule has 2 aromatic rings. The van der Waals surface area contributed by atoms with Gasteiger partial charge in [-0.15, -0.1) is 0 Å². The van der Waals surface area contributed by atoms with Crippen LogP contribution in [0.5, 0.6) is 5.75 Å². The Morgan fingerprint density at radius 2 is 2.29 bits per heavy atom. The van der Waals surface area contributed by atoms with Gasteiger partial charge in [-0.2, -0.15) is 9.36 Å². The number of pyridine rings is 1. The normalized spacial score (nSPS) is 10.1. The molecule has 72 valence electrons. The van der Waals surface area contributed by atoms with Crippen LogP contribution in [-0.4, -0.2) is 21.5 Å². The van der Waals surface area contributed by atoms with E-state index in [1.165, 1.54) is 0 Å². The zero-order valence-corrected chi connectivity index (χ0v) is 8.28. The smallest absolute Gasteiger partial charge is 0.200 e. The molecule has 0 aliphatic rings. The van der Waals surface area contributed by atoms with Gasteiger partial charge in [0.15, 0.2) is 11.0 Å². The lowest BCUT2D eigenvalue weighted by Crippen LogP contribution is -1.88. The first-order valence-electron chi connectivity index (χ1n) is 3.89. The summed E-state index contributed by atoms with van der Waals surface area (Å²) >= 11 is 1.15. The summed E-state index contributed by atoms with van der Waals surface area (Å²) in [6.07, 6.45) is 1.62. The summed E-state index contributed by atoms with van der Waals surface area (Å²) in [5, 5.41) is 0.442. The van der Waals surface area contributed by atoms with Gasteiger partial charge in [-0.05, 0) is 12.1 Å². The molecule has 2 N–H and O–H groups in total. The van der Waals surface area contributed by atoms with E-state index in [0.717, 1.165) is 11.5 Å². The van der Waals surface area contributed by atoms with E-state index in [4.69, 9.17) is 10.5 Å². The highest BCUT2D eigenvalue weighted by Gasteiger charge is 2.05. The summed E-state index contributed by atoms with van der Waals surface area (Å²) < 4.78 is 9.03. The molecule has 2 heterocycles. The van der Waals surface area contributed by atoms with E-state index >= 15 is 0 Å². The van der Waals surface area contributed by atoms with Gasteiger partial charge < -0.3 is 10.5 Å². The highest BCUT2D eigenvalue weighted by molar-refractivity contribution is 7.09. The maximum absolute atomic E-state index is 5.46. The van der Waals surface area contributed by atoms with Crippen molar-refractivity contribution < 1.29 is 4.74 Å². The molecule has 0 spiro atoms. The minimum Gasteiger partial charge on any atom is -0.495 e. The molecule has 0 saturated carbocycles. The molecule has 0 atom stereocenters. The van der Waals surface area contributed by atoms with Crippen molar-refractivity contribution in [1.82, 2.24) is 14.3 Å². The molecule has 0 saturated heterocycles. The van der Waals surface area contributed by atoms with Crippen molar-refractivity contribution in [3.05, 3.63) is 18.3 Å². The van der Waals surface area contributed by atoms with E-state index in [1.807, 2.05) is 0 Å². The number of hydrogen-bond acceptors (Lipinski definition) is 6. The Morgan fingerprint density at radius 3 is 2.79 bits per heavy atom. The molecule has 0 radical (unpaired) electrons. The highest BCUT2D eigenvalue weighted by Crippen LogP contribution is 2.18. The molecule has 0 aliphatic heterocycles. The topological polar surface area (TPSA) is 73.9 Å². The second-order valence-electron chi connectivity index (χ2n) is 2.54. The molecule has 0 bridgehead atoms. The number of aromatic nitrogens is 3.